The summed E-state index contributed by atoms with van der Waals surface area (Å²) in [7, 11) is 0. The third-order valence-electron chi connectivity index (χ3n) is 2.47. The first kappa shape index (κ1) is 11.7. The molecule has 1 aromatic rings. The van der Waals surface area contributed by atoms with E-state index in [0.29, 0.717) is 17.1 Å². The Kier molecular flexibility index (Phi) is 3.27. The molecule has 0 fully saturated rings. The number of ether oxygens (including phenoxy) is 1. The number of benzene rings is 1. The first-order valence-corrected chi connectivity index (χ1v) is 5.39. The SMILES string of the molecule is [C-]#[N+]C(C#N)=C1C=C(C)OC(c2ccccc2)=C1. The van der Waals surface area contributed by atoms with Gasteiger partial charge in [-0.3, -0.25) is 0 Å². The lowest BCUT2D eigenvalue weighted by Gasteiger charge is -2.16. The Morgan fingerprint density at radius 1 is 1.28 bits per heavy atom. The van der Waals surface area contributed by atoms with E-state index in [1.165, 1.54) is 0 Å². The molecule has 0 aromatic heterocycles. The summed E-state index contributed by atoms with van der Waals surface area (Å²) in [5, 5.41) is 8.90. The van der Waals surface area contributed by atoms with Crippen LogP contribution in [0.4, 0.5) is 0 Å². The summed E-state index contributed by atoms with van der Waals surface area (Å²) < 4.78 is 5.62. The van der Waals surface area contributed by atoms with E-state index in [1.807, 2.05) is 36.4 Å². The molecule has 0 saturated carbocycles. The molecule has 1 aliphatic rings. The van der Waals surface area contributed by atoms with Crippen molar-refractivity contribution in [1.29, 1.82) is 5.26 Å². The molecule has 1 aromatic carbocycles. The van der Waals surface area contributed by atoms with Crippen molar-refractivity contribution in [2.75, 3.05) is 0 Å². The van der Waals surface area contributed by atoms with Crippen molar-refractivity contribution >= 4 is 5.76 Å². The van der Waals surface area contributed by atoms with Crippen molar-refractivity contribution in [2.45, 2.75) is 6.92 Å². The predicted octanol–water partition coefficient (Wildman–Crippen LogP) is 3.66. The average Bonchev–Trinajstić information content (AvgIpc) is 2.40. The second kappa shape index (κ2) is 5.03. The zero-order valence-electron chi connectivity index (χ0n) is 9.84. The van der Waals surface area contributed by atoms with Gasteiger partial charge < -0.3 is 4.74 Å². The fourth-order valence-electron chi connectivity index (χ4n) is 1.67. The number of rotatable bonds is 1. The van der Waals surface area contributed by atoms with E-state index in [9.17, 15) is 0 Å². The number of nitrogens with zero attached hydrogens (tertiary/aromatic N) is 2. The molecule has 0 radical (unpaired) electrons. The monoisotopic (exact) mass is 234 g/mol. The Bertz CT molecular complexity index is 621. The highest BCUT2D eigenvalue weighted by Gasteiger charge is 2.13. The summed E-state index contributed by atoms with van der Waals surface area (Å²) in [6.45, 7) is 8.78. The quantitative estimate of drug-likeness (QED) is 0.549. The van der Waals surface area contributed by atoms with Gasteiger partial charge in [-0.05, 0) is 24.6 Å². The van der Waals surface area contributed by atoms with Crippen LogP contribution in [0.1, 0.15) is 12.5 Å². The van der Waals surface area contributed by atoms with Gasteiger partial charge in [0.25, 0.3) is 5.70 Å². The van der Waals surface area contributed by atoms with Gasteiger partial charge >= 0.3 is 0 Å². The molecule has 3 nitrogen and oxygen atoms in total. The van der Waals surface area contributed by atoms with Crippen LogP contribution in [0.2, 0.25) is 0 Å². The molecule has 18 heavy (non-hydrogen) atoms. The molecular formula is C15H10N2O. The Hall–Kier alpha value is -2.78. The second-order valence-corrected chi connectivity index (χ2v) is 3.76. The molecule has 0 N–H and O–H groups in total. The van der Waals surface area contributed by atoms with Crippen LogP contribution in [-0.2, 0) is 4.74 Å². The third kappa shape index (κ3) is 2.31. The Labute approximate surface area is 106 Å². The normalized spacial score (nSPS) is 16.6. The molecule has 1 aliphatic heterocycles. The van der Waals surface area contributed by atoms with Crippen molar-refractivity contribution in [1.82, 2.24) is 0 Å². The average molecular weight is 234 g/mol. The molecule has 0 spiro atoms. The fourth-order valence-corrected chi connectivity index (χ4v) is 1.67. The van der Waals surface area contributed by atoms with Crippen LogP contribution in [0.3, 0.4) is 0 Å². The number of hydrogen-bond donors (Lipinski definition) is 0. The van der Waals surface area contributed by atoms with Crippen LogP contribution in [-0.4, -0.2) is 0 Å². The maximum Gasteiger partial charge on any atom is 0.269 e. The van der Waals surface area contributed by atoms with E-state index in [4.69, 9.17) is 16.6 Å². The van der Waals surface area contributed by atoms with Crippen LogP contribution < -0.4 is 0 Å². The number of nitriles is 1. The topological polar surface area (TPSA) is 37.4 Å². The van der Waals surface area contributed by atoms with Crippen molar-refractivity contribution < 1.29 is 4.74 Å². The van der Waals surface area contributed by atoms with Gasteiger partial charge in [0, 0.05) is 5.56 Å². The highest BCUT2D eigenvalue weighted by atomic mass is 16.5. The van der Waals surface area contributed by atoms with E-state index in [2.05, 4.69) is 4.85 Å². The number of hydrogen-bond acceptors (Lipinski definition) is 2. The van der Waals surface area contributed by atoms with E-state index in [-0.39, 0.29) is 5.70 Å². The van der Waals surface area contributed by atoms with Crippen molar-refractivity contribution in [3.8, 4) is 6.07 Å². The first-order chi connectivity index (χ1) is 8.74. The Morgan fingerprint density at radius 3 is 2.61 bits per heavy atom. The highest BCUT2D eigenvalue weighted by molar-refractivity contribution is 5.68. The Balaban J connectivity index is 2.51. The predicted molar refractivity (Wildman–Crippen MR) is 68.5 cm³/mol. The van der Waals surface area contributed by atoms with Crippen LogP contribution >= 0.6 is 0 Å². The molecule has 1 heterocycles. The van der Waals surface area contributed by atoms with Crippen molar-refractivity contribution in [2.24, 2.45) is 0 Å². The molecule has 2 rings (SSSR count). The molecule has 0 atom stereocenters. The summed E-state index contributed by atoms with van der Waals surface area (Å²) in [4.78, 5) is 3.22. The summed E-state index contributed by atoms with van der Waals surface area (Å²) in [6, 6.07) is 11.5. The minimum atomic E-state index is 0.0751. The van der Waals surface area contributed by atoms with Crippen molar-refractivity contribution in [3.63, 3.8) is 0 Å². The first-order valence-electron chi connectivity index (χ1n) is 5.39. The van der Waals surface area contributed by atoms with E-state index in [1.54, 1.807) is 19.1 Å². The second-order valence-electron chi connectivity index (χ2n) is 3.76. The van der Waals surface area contributed by atoms with Crippen LogP contribution in [0.15, 0.2) is 59.5 Å². The lowest BCUT2D eigenvalue weighted by atomic mass is 10.1. The van der Waals surface area contributed by atoms with Crippen LogP contribution in [0.5, 0.6) is 0 Å². The van der Waals surface area contributed by atoms with E-state index < -0.39 is 0 Å². The van der Waals surface area contributed by atoms with Gasteiger partial charge in [-0.1, -0.05) is 30.3 Å². The van der Waals surface area contributed by atoms with Crippen LogP contribution in [0, 0.1) is 17.9 Å². The summed E-state index contributed by atoms with van der Waals surface area (Å²) >= 11 is 0. The molecule has 0 amide bonds. The smallest absolute Gasteiger partial charge is 0.269 e. The maximum atomic E-state index is 8.90. The number of allylic oxidation sites excluding steroid dienone is 5. The lowest BCUT2D eigenvalue weighted by Crippen LogP contribution is -1.98. The van der Waals surface area contributed by atoms with Gasteiger partial charge in [-0.15, -0.1) is 0 Å². The van der Waals surface area contributed by atoms with E-state index in [0.717, 1.165) is 5.56 Å². The molecule has 0 unspecified atom stereocenters. The van der Waals surface area contributed by atoms with Gasteiger partial charge in [0.1, 0.15) is 11.5 Å². The van der Waals surface area contributed by atoms with Crippen molar-refractivity contribution in [3.05, 3.63) is 76.5 Å². The molecule has 0 aliphatic carbocycles. The zero-order chi connectivity index (χ0) is 13.0. The zero-order valence-corrected chi connectivity index (χ0v) is 9.84. The summed E-state index contributed by atoms with van der Waals surface area (Å²) in [5.41, 5.74) is 1.59. The van der Waals surface area contributed by atoms with Gasteiger partial charge in [-0.2, -0.15) is 0 Å². The van der Waals surface area contributed by atoms with Gasteiger partial charge in [0.05, 0.1) is 12.6 Å². The maximum absolute atomic E-state index is 8.90. The lowest BCUT2D eigenvalue weighted by molar-refractivity contribution is 0.380. The standard InChI is InChI=1S/C15H10N2O/c1-11-8-13(14(10-16)17-2)9-15(18-11)12-6-4-3-5-7-12/h3-9H,1H3. The largest absolute Gasteiger partial charge is 0.461 e. The molecule has 0 saturated heterocycles. The minimum absolute atomic E-state index is 0.0751. The van der Waals surface area contributed by atoms with Gasteiger partial charge in [0.2, 0.25) is 0 Å². The summed E-state index contributed by atoms with van der Waals surface area (Å²) in [5.74, 6) is 1.32. The third-order valence-corrected chi connectivity index (χ3v) is 2.47. The van der Waals surface area contributed by atoms with Crippen LogP contribution in [0.25, 0.3) is 10.6 Å². The fraction of sp³-hybridized carbons (Fsp3) is 0.0667. The molecule has 86 valence electrons. The highest BCUT2D eigenvalue weighted by Crippen LogP contribution is 2.28. The van der Waals surface area contributed by atoms with Gasteiger partial charge in [-0.25, -0.2) is 10.1 Å². The molecule has 0 bridgehead atoms. The van der Waals surface area contributed by atoms with E-state index >= 15 is 0 Å². The minimum Gasteiger partial charge on any atom is -0.461 e. The summed E-state index contributed by atoms with van der Waals surface area (Å²) in [6.07, 6.45) is 3.42. The molecule has 3 heteroatoms. The Morgan fingerprint density at radius 2 is 2.00 bits per heavy atom. The van der Waals surface area contributed by atoms with Gasteiger partial charge in [0.15, 0.2) is 0 Å². The molecular weight excluding hydrogens is 224 g/mol.